The Morgan fingerprint density at radius 3 is 2.65 bits per heavy atom. The minimum absolute atomic E-state index is 0.625. The Morgan fingerprint density at radius 2 is 1.85 bits per heavy atom. The number of aryl methyl sites for hydroxylation is 1. The van der Waals surface area contributed by atoms with Crippen molar-refractivity contribution in [2.45, 2.75) is 13.5 Å². The van der Waals surface area contributed by atoms with E-state index in [4.69, 9.17) is 9.47 Å². The summed E-state index contributed by atoms with van der Waals surface area (Å²) < 4.78 is 12.4. The minimum atomic E-state index is 0.625. The highest BCUT2D eigenvalue weighted by molar-refractivity contribution is 14.1. The molecule has 1 N–H and O–H groups in total. The molecular formula is C16H16INO2. The van der Waals surface area contributed by atoms with Gasteiger partial charge in [0.05, 0.1) is 0 Å². The van der Waals surface area contributed by atoms with Crippen molar-refractivity contribution in [3.8, 4) is 11.5 Å². The molecular weight excluding hydrogens is 365 g/mol. The van der Waals surface area contributed by atoms with Crippen molar-refractivity contribution in [2.24, 2.45) is 0 Å². The van der Waals surface area contributed by atoms with E-state index in [9.17, 15) is 0 Å². The fourth-order valence-corrected chi connectivity index (χ4v) is 2.62. The zero-order valence-corrected chi connectivity index (χ0v) is 13.4. The molecule has 104 valence electrons. The molecule has 0 unspecified atom stereocenters. The molecule has 0 aliphatic carbocycles. The van der Waals surface area contributed by atoms with Gasteiger partial charge in [0.1, 0.15) is 13.2 Å². The van der Waals surface area contributed by atoms with E-state index in [1.165, 1.54) is 14.7 Å². The van der Waals surface area contributed by atoms with Gasteiger partial charge in [-0.2, -0.15) is 0 Å². The maximum absolute atomic E-state index is 5.60. The monoisotopic (exact) mass is 381 g/mol. The number of halogens is 1. The van der Waals surface area contributed by atoms with Crippen molar-refractivity contribution in [1.82, 2.24) is 0 Å². The summed E-state index contributed by atoms with van der Waals surface area (Å²) >= 11 is 2.36. The summed E-state index contributed by atoms with van der Waals surface area (Å²) in [4.78, 5) is 0. The van der Waals surface area contributed by atoms with Crippen LogP contribution in [0, 0.1) is 10.5 Å². The Balaban J connectivity index is 1.70. The first kappa shape index (κ1) is 13.5. The lowest BCUT2D eigenvalue weighted by molar-refractivity contribution is 0.171. The Hall–Kier alpha value is -1.43. The molecule has 0 amide bonds. The number of ether oxygens (including phenoxy) is 2. The number of hydrogen-bond acceptors (Lipinski definition) is 3. The van der Waals surface area contributed by atoms with E-state index in [0.29, 0.717) is 13.2 Å². The van der Waals surface area contributed by atoms with Gasteiger partial charge in [0, 0.05) is 15.8 Å². The first-order valence-electron chi connectivity index (χ1n) is 6.61. The Bertz CT molecular complexity index is 628. The van der Waals surface area contributed by atoms with Crippen molar-refractivity contribution in [1.29, 1.82) is 0 Å². The van der Waals surface area contributed by atoms with E-state index >= 15 is 0 Å². The molecule has 0 atom stereocenters. The van der Waals surface area contributed by atoms with Crippen molar-refractivity contribution in [3.05, 3.63) is 51.1 Å². The van der Waals surface area contributed by atoms with Crippen LogP contribution in [0.25, 0.3) is 0 Å². The van der Waals surface area contributed by atoms with Gasteiger partial charge in [0.25, 0.3) is 0 Å². The normalized spacial score (nSPS) is 13.1. The van der Waals surface area contributed by atoms with Gasteiger partial charge in [-0.25, -0.2) is 0 Å². The van der Waals surface area contributed by atoms with Gasteiger partial charge in [-0.05, 0) is 64.9 Å². The topological polar surface area (TPSA) is 30.5 Å². The maximum atomic E-state index is 5.60. The molecule has 0 radical (unpaired) electrons. The van der Waals surface area contributed by atoms with Crippen LogP contribution in [0.3, 0.4) is 0 Å². The highest BCUT2D eigenvalue weighted by Gasteiger charge is 2.11. The molecule has 3 nitrogen and oxygen atoms in total. The van der Waals surface area contributed by atoms with E-state index in [-0.39, 0.29) is 0 Å². The second-order valence-electron chi connectivity index (χ2n) is 4.80. The van der Waals surface area contributed by atoms with Gasteiger partial charge < -0.3 is 14.8 Å². The fraction of sp³-hybridized carbons (Fsp3) is 0.250. The predicted octanol–water partition coefficient (Wildman–Crippen LogP) is 3.98. The van der Waals surface area contributed by atoms with E-state index in [1.54, 1.807) is 0 Å². The molecule has 2 aromatic rings. The fourth-order valence-electron chi connectivity index (χ4n) is 2.10. The summed E-state index contributed by atoms with van der Waals surface area (Å²) in [5, 5.41) is 3.43. The molecule has 0 fully saturated rings. The van der Waals surface area contributed by atoms with E-state index in [0.717, 1.165) is 23.7 Å². The SMILES string of the molecule is Cc1ccc(NCc2ccc3c(c2)OCCO3)cc1I. The summed E-state index contributed by atoms with van der Waals surface area (Å²) in [7, 11) is 0. The van der Waals surface area contributed by atoms with E-state index in [1.807, 2.05) is 12.1 Å². The van der Waals surface area contributed by atoms with E-state index in [2.05, 4.69) is 59.1 Å². The van der Waals surface area contributed by atoms with Crippen LogP contribution >= 0.6 is 22.6 Å². The van der Waals surface area contributed by atoms with Crippen molar-refractivity contribution < 1.29 is 9.47 Å². The zero-order chi connectivity index (χ0) is 13.9. The highest BCUT2D eigenvalue weighted by Crippen LogP contribution is 2.31. The minimum Gasteiger partial charge on any atom is -0.486 e. The van der Waals surface area contributed by atoms with Crippen LogP contribution in [0.1, 0.15) is 11.1 Å². The third-order valence-corrected chi connectivity index (χ3v) is 4.44. The van der Waals surface area contributed by atoms with Gasteiger partial charge in [-0.1, -0.05) is 12.1 Å². The van der Waals surface area contributed by atoms with Gasteiger partial charge in [-0.3, -0.25) is 0 Å². The molecule has 2 aromatic carbocycles. The third-order valence-electron chi connectivity index (χ3n) is 3.28. The third kappa shape index (κ3) is 3.00. The number of benzene rings is 2. The molecule has 1 heterocycles. The largest absolute Gasteiger partial charge is 0.486 e. The molecule has 0 aromatic heterocycles. The summed E-state index contributed by atoms with van der Waals surface area (Å²) in [6, 6.07) is 12.5. The Kier molecular flexibility index (Phi) is 4.00. The molecule has 1 aliphatic rings. The van der Waals surface area contributed by atoms with Crippen LogP contribution < -0.4 is 14.8 Å². The number of rotatable bonds is 3. The average molecular weight is 381 g/mol. The van der Waals surface area contributed by atoms with Crippen molar-refractivity contribution >= 4 is 28.3 Å². The lowest BCUT2D eigenvalue weighted by atomic mass is 10.2. The molecule has 4 heteroatoms. The van der Waals surface area contributed by atoms with Gasteiger partial charge in [0.15, 0.2) is 11.5 Å². The van der Waals surface area contributed by atoms with Crippen LogP contribution in [0.15, 0.2) is 36.4 Å². The quantitative estimate of drug-likeness (QED) is 0.816. The summed E-state index contributed by atoms with van der Waals surface area (Å²) in [6.07, 6.45) is 0. The molecule has 0 bridgehead atoms. The summed E-state index contributed by atoms with van der Waals surface area (Å²) in [5.41, 5.74) is 3.62. The van der Waals surface area contributed by atoms with E-state index < -0.39 is 0 Å². The van der Waals surface area contributed by atoms with Crippen LogP contribution in [0.5, 0.6) is 11.5 Å². The van der Waals surface area contributed by atoms with Crippen LogP contribution in [0.4, 0.5) is 5.69 Å². The molecule has 20 heavy (non-hydrogen) atoms. The first-order chi connectivity index (χ1) is 9.72. The lowest BCUT2D eigenvalue weighted by Gasteiger charge is -2.19. The first-order valence-corrected chi connectivity index (χ1v) is 7.69. The lowest BCUT2D eigenvalue weighted by Crippen LogP contribution is -2.15. The van der Waals surface area contributed by atoms with Gasteiger partial charge >= 0.3 is 0 Å². The second-order valence-corrected chi connectivity index (χ2v) is 5.96. The van der Waals surface area contributed by atoms with Gasteiger partial charge in [-0.15, -0.1) is 0 Å². The molecule has 0 saturated heterocycles. The predicted molar refractivity (Wildman–Crippen MR) is 88.7 cm³/mol. The standard InChI is InChI=1S/C16H16INO2/c1-11-2-4-13(9-14(11)17)18-10-12-3-5-15-16(8-12)20-7-6-19-15/h2-5,8-9,18H,6-7,10H2,1H3. The van der Waals surface area contributed by atoms with Crippen LogP contribution in [-0.2, 0) is 6.54 Å². The smallest absolute Gasteiger partial charge is 0.161 e. The highest BCUT2D eigenvalue weighted by atomic mass is 127. The Labute approximate surface area is 132 Å². The molecule has 0 spiro atoms. The summed E-state index contributed by atoms with van der Waals surface area (Å²) in [6.45, 7) is 4.15. The molecule has 3 rings (SSSR count). The summed E-state index contributed by atoms with van der Waals surface area (Å²) in [5.74, 6) is 1.68. The second kappa shape index (κ2) is 5.91. The van der Waals surface area contributed by atoms with Crippen molar-refractivity contribution in [3.63, 3.8) is 0 Å². The van der Waals surface area contributed by atoms with Crippen molar-refractivity contribution in [2.75, 3.05) is 18.5 Å². The number of nitrogens with one attached hydrogen (secondary N) is 1. The number of anilines is 1. The van der Waals surface area contributed by atoms with Crippen LogP contribution in [-0.4, -0.2) is 13.2 Å². The zero-order valence-electron chi connectivity index (χ0n) is 11.3. The maximum Gasteiger partial charge on any atom is 0.161 e. The van der Waals surface area contributed by atoms with Gasteiger partial charge in [0.2, 0.25) is 0 Å². The average Bonchev–Trinajstić information content (AvgIpc) is 2.48. The number of hydrogen-bond donors (Lipinski definition) is 1. The Morgan fingerprint density at radius 1 is 1.05 bits per heavy atom. The van der Waals surface area contributed by atoms with Crippen LogP contribution in [0.2, 0.25) is 0 Å². The molecule has 1 aliphatic heterocycles. The molecule has 0 saturated carbocycles. The number of fused-ring (bicyclic) bond motifs is 1.